The summed E-state index contributed by atoms with van der Waals surface area (Å²) in [4.78, 5) is 21.0. The Hall–Kier alpha value is -2.31. The van der Waals surface area contributed by atoms with Gasteiger partial charge in [-0.2, -0.15) is 0 Å². The third kappa shape index (κ3) is 2.58. The van der Waals surface area contributed by atoms with Crippen LogP contribution in [-0.2, 0) is 0 Å². The molecule has 1 amide bonds. The minimum atomic E-state index is -1.12. The molecule has 0 saturated carbocycles. The van der Waals surface area contributed by atoms with E-state index in [2.05, 4.69) is 16.9 Å². The van der Waals surface area contributed by atoms with E-state index in [9.17, 15) is 9.18 Å². The van der Waals surface area contributed by atoms with E-state index in [0.717, 1.165) is 30.8 Å². The molecule has 0 unspecified atom stereocenters. The lowest BCUT2D eigenvalue weighted by Gasteiger charge is -2.32. The third-order valence-electron chi connectivity index (χ3n) is 4.27. The van der Waals surface area contributed by atoms with E-state index in [-0.39, 0.29) is 11.8 Å². The van der Waals surface area contributed by atoms with Gasteiger partial charge in [-0.25, -0.2) is 14.2 Å². The fourth-order valence-corrected chi connectivity index (χ4v) is 2.75. The number of aromatic amines is 1. The number of carbonyl (C=O) groups is 1. The molecule has 1 fully saturated rings. The van der Waals surface area contributed by atoms with Gasteiger partial charge in [0.1, 0.15) is 5.82 Å². The molecule has 118 valence electrons. The molecule has 3 rings (SSSR count). The smallest absolute Gasteiger partial charge is 0.413 e. The Morgan fingerprint density at radius 1 is 1.45 bits per heavy atom. The summed E-state index contributed by atoms with van der Waals surface area (Å²) < 4.78 is 14.4. The molecule has 0 radical (unpaired) electrons. The van der Waals surface area contributed by atoms with Gasteiger partial charge in [-0.05, 0) is 24.8 Å². The molecule has 2 heterocycles. The molecule has 1 aliphatic rings. The van der Waals surface area contributed by atoms with E-state index in [1.165, 1.54) is 13.1 Å². The molecular weight excluding hydrogens is 287 g/mol. The van der Waals surface area contributed by atoms with Gasteiger partial charge in [0.15, 0.2) is 0 Å². The van der Waals surface area contributed by atoms with E-state index in [1.54, 1.807) is 6.07 Å². The minimum Gasteiger partial charge on any atom is -0.465 e. The van der Waals surface area contributed by atoms with Crippen molar-refractivity contribution in [1.82, 2.24) is 9.97 Å². The second kappa shape index (κ2) is 5.47. The molecule has 6 nitrogen and oxygen atoms in total. The van der Waals surface area contributed by atoms with Crippen molar-refractivity contribution in [2.24, 2.45) is 5.92 Å². The Morgan fingerprint density at radius 2 is 2.14 bits per heavy atom. The van der Waals surface area contributed by atoms with Gasteiger partial charge in [0.05, 0.1) is 16.7 Å². The molecule has 22 heavy (non-hydrogen) atoms. The van der Waals surface area contributed by atoms with Crippen LogP contribution in [0.1, 0.15) is 19.8 Å². The molecule has 1 aromatic heterocycles. The Bertz CT molecular complexity index is 707. The summed E-state index contributed by atoms with van der Waals surface area (Å²) >= 11 is 0. The lowest BCUT2D eigenvalue weighted by atomic mass is 9.99. The van der Waals surface area contributed by atoms with Crippen molar-refractivity contribution < 1.29 is 14.3 Å². The highest BCUT2D eigenvalue weighted by Gasteiger charge is 2.21. The lowest BCUT2D eigenvalue weighted by Crippen LogP contribution is -2.33. The highest BCUT2D eigenvalue weighted by Crippen LogP contribution is 2.29. The summed E-state index contributed by atoms with van der Waals surface area (Å²) in [5, 5.41) is 8.98. The summed E-state index contributed by atoms with van der Waals surface area (Å²) in [6.07, 6.45) is 0.973. The highest BCUT2D eigenvalue weighted by atomic mass is 19.1. The number of piperidine rings is 1. The number of aromatic nitrogens is 2. The van der Waals surface area contributed by atoms with Crippen LogP contribution in [-0.4, -0.2) is 41.3 Å². The van der Waals surface area contributed by atoms with Crippen LogP contribution < -0.4 is 9.80 Å². The van der Waals surface area contributed by atoms with Crippen molar-refractivity contribution in [2.45, 2.75) is 19.8 Å². The molecule has 2 N–H and O–H groups in total. The molecule has 0 atom stereocenters. The number of nitrogens with zero attached hydrogens (tertiary/aromatic N) is 3. The summed E-state index contributed by atoms with van der Waals surface area (Å²) in [5.74, 6) is 0.547. The van der Waals surface area contributed by atoms with Crippen LogP contribution >= 0.6 is 0 Å². The van der Waals surface area contributed by atoms with E-state index in [1.807, 2.05) is 4.90 Å². The third-order valence-corrected chi connectivity index (χ3v) is 4.27. The van der Waals surface area contributed by atoms with Crippen molar-refractivity contribution in [1.29, 1.82) is 0 Å². The summed E-state index contributed by atoms with van der Waals surface area (Å²) in [6, 6.07) is 3.07. The number of rotatable bonds is 2. The number of H-pyrrole nitrogens is 1. The van der Waals surface area contributed by atoms with Crippen molar-refractivity contribution in [3.8, 4) is 0 Å². The molecule has 0 bridgehead atoms. The Morgan fingerprint density at radius 3 is 2.77 bits per heavy atom. The van der Waals surface area contributed by atoms with Gasteiger partial charge in [-0.1, -0.05) is 6.92 Å². The number of halogens is 1. The van der Waals surface area contributed by atoms with Crippen LogP contribution in [0.3, 0.4) is 0 Å². The first-order valence-electron chi connectivity index (χ1n) is 7.36. The van der Waals surface area contributed by atoms with E-state index >= 15 is 0 Å². The van der Waals surface area contributed by atoms with Gasteiger partial charge in [0.25, 0.3) is 0 Å². The first-order chi connectivity index (χ1) is 10.5. The predicted molar refractivity (Wildman–Crippen MR) is 83.1 cm³/mol. The van der Waals surface area contributed by atoms with Gasteiger partial charge in [-0.15, -0.1) is 0 Å². The second-order valence-corrected chi connectivity index (χ2v) is 5.89. The average molecular weight is 306 g/mol. The largest absolute Gasteiger partial charge is 0.465 e. The van der Waals surface area contributed by atoms with E-state index in [0.29, 0.717) is 22.6 Å². The van der Waals surface area contributed by atoms with Gasteiger partial charge < -0.3 is 15.0 Å². The van der Waals surface area contributed by atoms with Crippen LogP contribution in [0.2, 0.25) is 0 Å². The first-order valence-corrected chi connectivity index (χ1v) is 7.36. The van der Waals surface area contributed by atoms with Crippen molar-refractivity contribution in [3.63, 3.8) is 0 Å². The van der Waals surface area contributed by atoms with Gasteiger partial charge >= 0.3 is 6.09 Å². The lowest BCUT2D eigenvalue weighted by molar-refractivity contribution is 0.203. The summed E-state index contributed by atoms with van der Waals surface area (Å²) in [5.41, 5.74) is 1.60. The fraction of sp³-hybridized carbons (Fsp3) is 0.467. The molecule has 7 heteroatoms. The number of nitrogens with one attached hydrogen (secondary N) is 1. The zero-order chi connectivity index (χ0) is 15.9. The van der Waals surface area contributed by atoms with E-state index < -0.39 is 6.09 Å². The topological polar surface area (TPSA) is 72.5 Å². The molecule has 1 aromatic carbocycles. The number of hydrogen-bond donors (Lipinski definition) is 2. The number of fused-ring (bicyclic) bond motifs is 1. The SMILES string of the molecule is CC1CCN(c2cc3nc(N(C)C(=O)O)[nH]c3cc2F)CC1. The summed E-state index contributed by atoms with van der Waals surface area (Å²) in [6.45, 7) is 3.87. The quantitative estimate of drug-likeness (QED) is 0.894. The van der Waals surface area contributed by atoms with Crippen molar-refractivity contribution in [2.75, 3.05) is 29.9 Å². The van der Waals surface area contributed by atoms with Crippen LogP contribution in [0, 0.1) is 11.7 Å². The normalized spacial score (nSPS) is 16.2. The maximum Gasteiger partial charge on any atom is 0.413 e. The Labute approximate surface area is 127 Å². The number of hydrogen-bond acceptors (Lipinski definition) is 3. The first kappa shape index (κ1) is 14.6. The van der Waals surface area contributed by atoms with E-state index in [4.69, 9.17) is 5.11 Å². The van der Waals surface area contributed by atoms with Gasteiger partial charge in [0, 0.05) is 26.2 Å². The van der Waals surface area contributed by atoms with Crippen molar-refractivity contribution in [3.05, 3.63) is 17.9 Å². The number of benzene rings is 1. The number of carboxylic acid groups (broad SMARTS) is 1. The number of amides is 1. The number of imidazole rings is 1. The van der Waals surface area contributed by atoms with Crippen molar-refractivity contribution >= 4 is 28.8 Å². The van der Waals surface area contributed by atoms with Gasteiger partial charge in [-0.3, -0.25) is 4.90 Å². The predicted octanol–water partition coefficient (Wildman–Crippen LogP) is 3.05. The average Bonchev–Trinajstić information content (AvgIpc) is 2.89. The Kier molecular flexibility index (Phi) is 3.64. The molecule has 2 aromatic rings. The standard InChI is InChI=1S/C15H19FN4O2/c1-9-3-5-20(6-4-9)13-8-12-11(7-10(13)16)17-14(18-12)19(2)15(21)22/h7-9H,3-6H2,1-2H3,(H,17,18)(H,21,22). The molecule has 1 aliphatic heterocycles. The van der Waals surface area contributed by atoms with Crippen LogP contribution in [0.4, 0.5) is 20.8 Å². The molecular formula is C15H19FN4O2. The zero-order valence-electron chi connectivity index (χ0n) is 12.6. The van der Waals surface area contributed by atoms with Gasteiger partial charge in [0.2, 0.25) is 5.95 Å². The fourth-order valence-electron chi connectivity index (χ4n) is 2.75. The maximum absolute atomic E-state index is 14.4. The number of anilines is 2. The minimum absolute atomic E-state index is 0.186. The Balaban J connectivity index is 1.95. The zero-order valence-corrected chi connectivity index (χ0v) is 12.6. The van der Waals surface area contributed by atoms with Crippen LogP contribution in [0.5, 0.6) is 0 Å². The maximum atomic E-state index is 14.4. The second-order valence-electron chi connectivity index (χ2n) is 5.89. The molecule has 0 spiro atoms. The monoisotopic (exact) mass is 306 g/mol. The van der Waals surface area contributed by atoms with Crippen LogP contribution in [0.15, 0.2) is 12.1 Å². The van der Waals surface area contributed by atoms with Crippen LogP contribution in [0.25, 0.3) is 11.0 Å². The molecule has 0 aliphatic carbocycles. The highest BCUT2D eigenvalue weighted by molar-refractivity contribution is 5.88. The summed E-state index contributed by atoms with van der Waals surface area (Å²) in [7, 11) is 1.39. The molecule has 1 saturated heterocycles.